The van der Waals surface area contributed by atoms with Gasteiger partial charge in [0.1, 0.15) is 0 Å². The van der Waals surface area contributed by atoms with Crippen LogP contribution in [0.25, 0.3) is 43.9 Å². The van der Waals surface area contributed by atoms with Gasteiger partial charge in [0, 0.05) is 26.9 Å². The topological polar surface area (TPSA) is 371 Å². The molecule has 1 aliphatic carbocycles. The van der Waals surface area contributed by atoms with Crippen molar-refractivity contribution in [3.8, 4) is 0 Å². The van der Waals surface area contributed by atoms with Crippen LogP contribution in [0.15, 0.2) is 90.9 Å². The van der Waals surface area contributed by atoms with Crippen molar-refractivity contribution in [3.05, 3.63) is 72.8 Å². The lowest BCUT2D eigenvalue weighted by Crippen LogP contribution is -2.29. The molecule has 9 rings (SSSR count). The number of carbonyl (C=O) groups is 2. The molecule has 26 heteroatoms. The van der Waals surface area contributed by atoms with Crippen LogP contribution in [0.1, 0.15) is 26.7 Å². The van der Waals surface area contributed by atoms with Crippen molar-refractivity contribution < 1.29 is 68.8 Å². The number of fused-ring (bicyclic) bond motifs is 4. The molecule has 0 atom stereocenters. The summed E-state index contributed by atoms with van der Waals surface area (Å²) >= 11 is 0. The fraction of sp³-hybridized carbons (Fsp3) is 0.167. The van der Waals surface area contributed by atoms with Gasteiger partial charge in [-0.1, -0.05) is 68.0 Å². The Bertz CT molecular complexity index is 2740. The first-order valence-electron chi connectivity index (χ1n) is 18.1. The van der Waals surface area contributed by atoms with Gasteiger partial charge in [0.25, 0.3) is 0 Å². The van der Waals surface area contributed by atoms with E-state index in [1.165, 1.54) is 51.0 Å². The quantitative estimate of drug-likeness (QED) is 0.0704. The Morgan fingerprint density at radius 3 is 1.48 bits per heavy atom. The zero-order valence-electron chi connectivity index (χ0n) is 33.2. The number of benzene rings is 4. The molecule has 22 nitrogen and oxygen atoms in total. The summed E-state index contributed by atoms with van der Waals surface area (Å²) in [6.45, 7) is 2.72. The zero-order valence-corrected chi connectivity index (χ0v) is 33.2. The number of aromatic nitrogens is 4. The minimum Gasteiger partial charge on any atom is -0.450 e. The van der Waals surface area contributed by atoms with Gasteiger partial charge in [-0.2, -0.15) is 0 Å². The van der Waals surface area contributed by atoms with Gasteiger partial charge in [0.15, 0.2) is 45.6 Å². The van der Waals surface area contributed by atoms with Crippen LogP contribution in [0.2, 0.25) is 0 Å². The maximum Gasteiger partial charge on any atom is 0.488 e. The van der Waals surface area contributed by atoms with Crippen LogP contribution in [-0.2, 0) is 9.59 Å². The molecule has 1 saturated carbocycles. The molecule has 2 amide bonds. The fourth-order valence-electron chi connectivity index (χ4n) is 5.52. The van der Waals surface area contributed by atoms with Gasteiger partial charge in [-0.05, 0) is 60.2 Å². The molecular weight excluding hydrogens is 812 g/mol. The van der Waals surface area contributed by atoms with E-state index >= 15 is 0 Å². The molecule has 4 heterocycles. The minimum atomic E-state index is -1.57. The second-order valence-corrected chi connectivity index (χ2v) is 13.2. The molecule has 0 aliphatic heterocycles. The van der Waals surface area contributed by atoms with E-state index in [0.29, 0.717) is 56.1 Å². The Hall–Kier alpha value is -6.76. The van der Waals surface area contributed by atoms with E-state index in [0.717, 1.165) is 48.1 Å². The van der Waals surface area contributed by atoms with Crippen LogP contribution in [0.5, 0.6) is 0 Å². The summed E-state index contributed by atoms with van der Waals surface area (Å²) < 4.78 is 20.1. The number of hydrogen-bond acceptors (Lipinski definition) is 18. The van der Waals surface area contributed by atoms with E-state index < -0.39 is 14.2 Å². The third-order valence-corrected chi connectivity index (χ3v) is 8.62. The Labute approximate surface area is 352 Å². The normalized spacial score (nSPS) is 11.3. The van der Waals surface area contributed by atoms with Crippen molar-refractivity contribution in [2.75, 3.05) is 28.3 Å². The minimum absolute atomic E-state index is 0. The van der Waals surface area contributed by atoms with Gasteiger partial charge >= 0.3 is 29.2 Å². The summed E-state index contributed by atoms with van der Waals surface area (Å²) in [6.07, 6.45) is 2.39. The lowest BCUT2D eigenvalue weighted by atomic mass is 9.80. The molecule has 8 aromatic rings. The number of hydrogen-bond donors (Lipinski definition) is 10. The molecule has 2 radical (unpaired) electrons. The van der Waals surface area contributed by atoms with Crippen LogP contribution in [0.3, 0.4) is 0 Å². The maximum absolute atomic E-state index is 10.9. The van der Waals surface area contributed by atoms with E-state index in [1.807, 2.05) is 12.1 Å². The first-order chi connectivity index (χ1) is 28.9. The molecule has 1 fully saturated rings. The summed E-state index contributed by atoms with van der Waals surface area (Å²) in [5, 5.41) is 82.9. The van der Waals surface area contributed by atoms with Gasteiger partial charge in [-0.15, -0.1) is 0 Å². The van der Waals surface area contributed by atoms with Crippen LogP contribution < -0.4 is 43.1 Å². The smallest absolute Gasteiger partial charge is 0.450 e. The average molecular weight is 852 g/mol. The molecular formula is C36H40B4N8O14. The number of nitrogens with one attached hydrogen (secondary N) is 4. The lowest BCUT2D eigenvalue weighted by Gasteiger charge is -1.99. The van der Waals surface area contributed by atoms with Crippen molar-refractivity contribution in [1.82, 2.24) is 20.6 Å². The van der Waals surface area contributed by atoms with E-state index in [2.05, 4.69) is 41.9 Å². The van der Waals surface area contributed by atoms with Crippen LogP contribution in [0.4, 0.5) is 23.3 Å². The third kappa shape index (κ3) is 12.0. The molecule has 0 bridgehead atoms. The lowest BCUT2D eigenvalue weighted by molar-refractivity contribution is -0.115. The summed E-state index contributed by atoms with van der Waals surface area (Å²) in [4.78, 5) is 21.7. The van der Waals surface area contributed by atoms with Crippen molar-refractivity contribution in [2.24, 2.45) is 0 Å². The fourth-order valence-corrected chi connectivity index (χ4v) is 5.52. The van der Waals surface area contributed by atoms with E-state index in [4.69, 9.17) is 48.2 Å². The summed E-state index contributed by atoms with van der Waals surface area (Å²) in [5.74, 6) is 1.52. The average Bonchev–Trinajstić information content (AvgIpc) is 3.51. The van der Waals surface area contributed by atoms with Crippen LogP contribution in [-0.4, -0.2) is 116 Å². The molecule has 14 N–H and O–H groups in total. The van der Waals surface area contributed by atoms with E-state index in [-0.39, 0.29) is 28.6 Å². The summed E-state index contributed by atoms with van der Waals surface area (Å²) in [5.41, 5.74) is 4.39. The number of amides is 2. The molecule has 0 saturated heterocycles. The van der Waals surface area contributed by atoms with Crippen molar-refractivity contribution in [3.63, 3.8) is 0 Å². The van der Waals surface area contributed by atoms with Gasteiger partial charge < -0.3 is 80.5 Å². The number of nitrogens with zero attached hydrogens (tertiary/aromatic N) is 4. The predicted octanol–water partition coefficient (Wildman–Crippen LogP) is -1.97. The Morgan fingerprint density at radius 2 is 1.00 bits per heavy atom. The molecule has 0 unspecified atom stereocenters. The molecule has 4 aromatic heterocycles. The van der Waals surface area contributed by atoms with Crippen molar-refractivity contribution in [1.29, 1.82) is 0 Å². The standard InChI is InChI=1S/C10H10BN2O2.2C9H9BN2O4.C8H8BN2O2.2H2O/c14-11-6-1-4-9-8(5-6)10(13-15-9)12-7-2-3-7;1-5(13)11-9-7-4-6(10(14)15)2-3-8(7)16-12-9;1-5(13)11-9-7-3-2-6(10(14)15)4-8(7)16-12-9;1-10-8-6-4-5(9-12)2-3-7(6)13-11-8;;/h1,4-5,7,14H,2-3H2,(H,12,13);2*2-4,14-15H,1H3,(H,11,12,13);2-4,12H,1H3,(H,10,11);2*1H2. The number of rotatable bonds is 9. The second-order valence-electron chi connectivity index (χ2n) is 13.2. The first kappa shape index (κ1) is 47.9. The number of anilines is 4. The Balaban J connectivity index is 0.000000180. The molecule has 0 spiro atoms. The molecule has 4 aromatic carbocycles. The monoisotopic (exact) mass is 852 g/mol. The maximum atomic E-state index is 10.9. The first-order valence-corrected chi connectivity index (χ1v) is 18.1. The van der Waals surface area contributed by atoms with Crippen LogP contribution in [0, 0.1) is 0 Å². The highest BCUT2D eigenvalue weighted by Gasteiger charge is 2.23. The molecule has 62 heavy (non-hydrogen) atoms. The molecule has 320 valence electrons. The van der Waals surface area contributed by atoms with E-state index in [1.54, 1.807) is 43.4 Å². The van der Waals surface area contributed by atoms with Gasteiger partial charge in [-0.3, -0.25) is 9.59 Å². The molecule has 1 aliphatic rings. The SMILES string of the molecule is CC(=O)Nc1noc2cc(B(O)O)ccc12.CC(=O)Nc1noc2ccc(B(O)O)cc12.CNc1noc2ccc([B]O)cc12.O.O.O[B]c1ccc2onc(NC3CC3)c2c1. The largest absolute Gasteiger partial charge is 0.488 e. The second kappa shape index (κ2) is 21.7. The Morgan fingerprint density at radius 1 is 0.581 bits per heavy atom. The highest BCUT2D eigenvalue weighted by Crippen LogP contribution is 2.29. The highest BCUT2D eigenvalue weighted by atomic mass is 16.5. The van der Waals surface area contributed by atoms with Crippen molar-refractivity contribution in [2.45, 2.75) is 32.7 Å². The Kier molecular flexibility index (Phi) is 16.7. The van der Waals surface area contributed by atoms with E-state index in [9.17, 15) is 9.59 Å². The predicted molar refractivity (Wildman–Crippen MR) is 233 cm³/mol. The van der Waals surface area contributed by atoms with Crippen LogP contribution >= 0.6 is 0 Å². The van der Waals surface area contributed by atoms with Gasteiger partial charge in [0.05, 0.1) is 21.5 Å². The third-order valence-electron chi connectivity index (χ3n) is 8.62. The highest BCUT2D eigenvalue weighted by molar-refractivity contribution is 6.59. The summed E-state index contributed by atoms with van der Waals surface area (Å²) in [7, 11) is 0.773. The van der Waals surface area contributed by atoms with Crippen molar-refractivity contribution >= 4 is 130 Å². The number of carbonyl (C=O) groups excluding carboxylic acids is 2. The zero-order chi connectivity index (χ0) is 42.9. The van der Waals surface area contributed by atoms with Gasteiger partial charge in [0.2, 0.25) is 11.8 Å². The van der Waals surface area contributed by atoms with Gasteiger partial charge in [-0.25, -0.2) is 0 Å². The summed E-state index contributed by atoms with van der Waals surface area (Å²) in [6, 6.07) is 20.5.